The average Bonchev–Trinajstić information content (AvgIpc) is 2.95. The van der Waals surface area contributed by atoms with E-state index in [1.807, 2.05) is 31.2 Å². The van der Waals surface area contributed by atoms with Gasteiger partial charge in [0.25, 0.3) is 11.8 Å². The third-order valence-corrected chi connectivity index (χ3v) is 6.12. The molecular formula is C19H20N2O4S. The Hall–Kier alpha value is -2.67. The molecule has 0 bridgehead atoms. The van der Waals surface area contributed by atoms with Crippen molar-refractivity contribution >= 4 is 27.3 Å². The fraction of sp³-hybridized carbons (Fsp3) is 0.263. The Bertz CT molecular complexity index is 954. The maximum atomic E-state index is 12.4. The van der Waals surface area contributed by atoms with Crippen molar-refractivity contribution in [2.75, 3.05) is 16.8 Å². The van der Waals surface area contributed by atoms with Crippen molar-refractivity contribution in [2.24, 2.45) is 0 Å². The molecule has 0 radical (unpaired) electrons. The van der Waals surface area contributed by atoms with Crippen LogP contribution in [0.25, 0.3) is 0 Å². The molecule has 136 valence electrons. The number of sulfone groups is 1. The minimum Gasteiger partial charge on any atom is -0.348 e. The van der Waals surface area contributed by atoms with Crippen molar-refractivity contribution in [3.05, 3.63) is 65.2 Å². The highest BCUT2D eigenvalue weighted by atomic mass is 32.2. The summed E-state index contributed by atoms with van der Waals surface area (Å²) in [6.45, 7) is 1.90. The van der Waals surface area contributed by atoms with Gasteiger partial charge >= 0.3 is 0 Å². The van der Waals surface area contributed by atoms with Crippen LogP contribution in [-0.4, -0.2) is 37.8 Å². The molecule has 6 nitrogen and oxygen atoms in total. The van der Waals surface area contributed by atoms with E-state index in [1.165, 1.54) is 6.07 Å². The lowest BCUT2D eigenvalue weighted by molar-refractivity contribution is 0.0941. The molecule has 1 heterocycles. The lowest BCUT2D eigenvalue weighted by Crippen LogP contribution is -2.35. The van der Waals surface area contributed by atoms with Crippen LogP contribution in [0.1, 0.15) is 32.7 Å². The fourth-order valence-electron chi connectivity index (χ4n) is 2.89. The molecule has 1 aliphatic rings. The first-order chi connectivity index (χ1) is 12.3. The molecule has 0 aliphatic carbocycles. The number of carbonyl (C=O) groups excluding carboxylic acids is 2. The number of hydrogen-bond acceptors (Lipinski definition) is 4. The first-order valence-corrected chi connectivity index (χ1v) is 10.1. The van der Waals surface area contributed by atoms with E-state index in [0.29, 0.717) is 23.2 Å². The lowest BCUT2D eigenvalue weighted by atomic mass is 10.1. The minimum absolute atomic E-state index is 0.0355. The van der Waals surface area contributed by atoms with Crippen molar-refractivity contribution in [3.8, 4) is 0 Å². The zero-order valence-electron chi connectivity index (χ0n) is 14.4. The van der Waals surface area contributed by atoms with Crippen molar-refractivity contribution in [2.45, 2.75) is 19.4 Å². The van der Waals surface area contributed by atoms with Gasteiger partial charge in [0, 0.05) is 22.9 Å². The second-order valence-electron chi connectivity index (χ2n) is 6.42. The molecule has 26 heavy (non-hydrogen) atoms. The van der Waals surface area contributed by atoms with Crippen molar-refractivity contribution in [1.82, 2.24) is 5.32 Å². The fourth-order valence-corrected chi connectivity index (χ4v) is 4.56. The largest absolute Gasteiger partial charge is 0.348 e. The number of aryl methyl sites for hydroxylation is 1. The summed E-state index contributed by atoms with van der Waals surface area (Å²) in [7, 11) is -3.06. The minimum atomic E-state index is -3.06. The molecular weight excluding hydrogens is 352 g/mol. The zero-order chi connectivity index (χ0) is 18.7. The summed E-state index contributed by atoms with van der Waals surface area (Å²) >= 11 is 0. The van der Waals surface area contributed by atoms with Crippen molar-refractivity contribution in [1.29, 1.82) is 0 Å². The van der Waals surface area contributed by atoms with E-state index in [-0.39, 0.29) is 29.4 Å². The summed E-state index contributed by atoms with van der Waals surface area (Å²) in [5.74, 6) is -0.627. The Morgan fingerprint density at radius 1 is 1.00 bits per heavy atom. The maximum Gasteiger partial charge on any atom is 0.255 e. The number of nitrogens with one attached hydrogen (secondary N) is 2. The molecule has 0 aromatic heterocycles. The lowest BCUT2D eigenvalue weighted by Gasteiger charge is -2.12. The highest BCUT2D eigenvalue weighted by molar-refractivity contribution is 7.91. The second-order valence-corrected chi connectivity index (χ2v) is 8.65. The van der Waals surface area contributed by atoms with Crippen LogP contribution in [0.5, 0.6) is 0 Å². The Balaban J connectivity index is 1.70. The van der Waals surface area contributed by atoms with Gasteiger partial charge in [0.05, 0.1) is 11.5 Å². The van der Waals surface area contributed by atoms with Crippen molar-refractivity contribution in [3.63, 3.8) is 0 Å². The maximum absolute atomic E-state index is 12.4. The molecule has 3 rings (SSSR count). The van der Waals surface area contributed by atoms with Crippen LogP contribution in [0.2, 0.25) is 0 Å². The highest BCUT2D eigenvalue weighted by Gasteiger charge is 2.29. The molecule has 2 aromatic carbocycles. The van der Waals surface area contributed by atoms with Crippen LogP contribution in [0.3, 0.4) is 0 Å². The Labute approximate surface area is 152 Å². The molecule has 2 N–H and O–H groups in total. The van der Waals surface area contributed by atoms with E-state index in [0.717, 1.165) is 5.56 Å². The van der Waals surface area contributed by atoms with Gasteiger partial charge in [-0.15, -0.1) is 0 Å². The summed E-state index contributed by atoms with van der Waals surface area (Å²) in [5.41, 5.74) is 2.34. The molecule has 1 aliphatic heterocycles. The molecule has 2 amide bonds. The molecule has 1 saturated heterocycles. The van der Waals surface area contributed by atoms with Gasteiger partial charge in [-0.2, -0.15) is 0 Å². The smallest absolute Gasteiger partial charge is 0.255 e. The molecule has 2 aromatic rings. The van der Waals surface area contributed by atoms with E-state index < -0.39 is 9.84 Å². The van der Waals surface area contributed by atoms with Gasteiger partial charge in [-0.1, -0.05) is 24.3 Å². The van der Waals surface area contributed by atoms with Crippen LogP contribution in [0, 0.1) is 6.92 Å². The van der Waals surface area contributed by atoms with Gasteiger partial charge < -0.3 is 10.6 Å². The van der Waals surface area contributed by atoms with Gasteiger partial charge in [0.2, 0.25) is 0 Å². The highest BCUT2D eigenvalue weighted by Crippen LogP contribution is 2.16. The summed E-state index contributed by atoms with van der Waals surface area (Å²) in [4.78, 5) is 24.8. The van der Waals surface area contributed by atoms with E-state index >= 15 is 0 Å². The number of rotatable bonds is 4. The predicted octanol–water partition coefficient (Wildman–Crippen LogP) is 2.16. The van der Waals surface area contributed by atoms with E-state index in [2.05, 4.69) is 10.6 Å². The summed E-state index contributed by atoms with van der Waals surface area (Å²) < 4.78 is 23.0. The monoisotopic (exact) mass is 372 g/mol. The van der Waals surface area contributed by atoms with Gasteiger partial charge in [-0.25, -0.2) is 8.42 Å². The standard InChI is InChI=1S/C19H20N2O4S/c1-13-5-2-3-8-17(13)21-19(23)15-7-4-6-14(11-15)18(22)20-16-9-10-26(24,25)12-16/h2-8,11,16H,9-10,12H2,1H3,(H,20,22)(H,21,23). The molecule has 1 atom stereocenters. The van der Waals surface area contributed by atoms with Gasteiger partial charge in [0.15, 0.2) is 9.84 Å². The Morgan fingerprint density at radius 3 is 2.35 bits per heavy atom. The number of amides is 2. The predicted molar refractivity (Wildman–Crippen MR) is 100 cm³/mol. The number of carbonyl (C=O) groups is 2. The van der Waals surface area contributed by atoms with Crippen molar-refractivity contribution < 1.29 is 18.0 Å². The van der Waals surface area contributed by atoms with Gasteiger partial charge in [0.1, 0.15) is 0 Å². The topological polar surface area (TPSA) is 92.3 Å². The molecule has 1 unspecified atom stereocenters. The average molecular weight is 372 g/mol. The normalized spacial score (nSPS) is 18.3. The summed E-state index contributed by atoms with van der Waals surface area (Å²) in [6.07, 6.45) is 0.418. The third kappa shape index (κ3) is 4.29. The van der Waals surface area contributed by atoms with E-state index in [9.17, 15) is 18.0 Å². The summed E-state index contributed by atoms with van der Waals surface area (Å²) in [6, 6.07) is 13.4. The molecule has 0 spiro atoms. The first kappa shape index (κ1) is 18.1. The second kappa shape index (κ2) is 7.29. The van der Waals surface area contributed by atoms with Crippen LogP contribution >= 0.6 is 0 Å². The van der Waals surface area contributed by atoms with Crippen LogP contribution < -0.4 is 10.6 Å². The summed E-state index contributed by atoms with van der Waals surface area (Å²) in [5, 5.41) is 5.55. The van der Waals surface area contributed by atoms with Gasteiger partial charge in [-0.3, -0.25) is 9.59 Å². The zero-order valence-corrected chi connectivity index (χ0v) is 15.2. The Kier molecular flexibility index (Phi) is 5.08. The SMILES string of the molecule is Cc1ccccc1NC(=O)c1cccc(C(=O)NC2CCS(=O)(=O)C2)c1. The van der Waals surface area contributed by atoms with Crippen LogP contribution in [0.15, 0.2) is 48.5 Å². The first-order valence-electron chi connectivity index (χ1n) is 8.32. The number of benzene rings is 2. The van der Waals surface area contributed by atoms with Crippen LogP contribution in [-0.2, 0) is 9.84 Å². The number of anilines is 1. The number of hydrogen-bond donors (Lipinski definition) is 2. The number of para-hydroxylation sites is 1. The van der Waals surface area contributed by atoms with E-state index in [1.54, 1.807) is 18.2 Å². The molecule has 1 fully saturated rings. The Morgan fingerprint density at radius 2 is 1.69 bits per heavy atom. The van der Waals surface area contributed by atoms with Gasteiger partial charge in [-0.05, 0) is 43.2 Å². The van der Waals surface area contributed by atoms with E-state index in [4.69, 9.17) is 0 Å². The molecule has 0 saturated carbocycles. The molecule has 7 heteroatoms. The quantitative estimate of drug-likeness (QED) is 0.860. The third-order valence-electron chi connectivity index (χ3n) is 4.35. The van der Waals surface area contributed by atoms with Crippen LogP contribution in [0.4, 0.5) is 5.69 Å².